The maximum Gasteiger partial charge on any atom is 0.449 e. The van der Waals surface area contributed by atoms with Crippen molar-refractivity contribution in [2.75, 3.05) is 0 Å². The molecule has 80 valence electrons. The monoisotopic (exact) mass is 278 g/mol. The third kappa shape index (κ3) is 1.86. The number of imidazole rings is 1. The molecule has 0 fully saturated rings. The maximum absolute atomic E-state index is 12.4. The zero-order valence-electron chi connectivity index (χ0n) is 7.40. The molecule has 2 aromatic rings. The van der Waals surface area contributed by atoms with E-state index in [1.54, 1.807) is 18.2 Å². The lowest BCUT2D eigenvalue weighted by molar-refractivity contribution is -0.144. The fourth-order valence-corrected chi connectivity index (χ4v) is 1.79. The molecule has 0 saturated heterocycles. The fourth-order valence-electron chi connectivity index (χ4n) is 1.33. The highest BCUT2D eigenvalue weighted by molar-refractivity contribution is 9.08. The smallest absolute Gasteiger partial charge is 0.334 e. The van der Waals surface area contributed by atoms with Gasteiger partial charge in [-0.15, -0.1) is 0 Å². The van der Waals surface area contributed by atoms with Gasteiger partial charge in [0, 0.05) is 5.33 Å². The first-order chi connectivity index (χ1) is 7.02. The Morgan fingerprint density at radius 2 is 2.07 bits per heavy atom. The first kappa shape index (κ1) is 10.5. The number of rotatable bonds is 1. The second-order valence-electron chi connectivity index (χ2n) is 3.03. The Hall–Kier alpha value is -1.04. The summed E-state index contributed by atoms with van der Waals surface area (Å²) in [6.07, 6.45) is -4.43. The van der Waals surface area contributed by atoms with Gasteiger partial charge in [-0.3, -0.25) is 0 Å². The van der Waals surface area contributed by atoms with Crippen LogP contribution >= 0.6 is 15.9 Å². The van der Waals surface area contributed by atoms with Gasteiger partial charge in [-0.1, -0.05) is 28.1 Å². The molecule has 15 heavy (non-hydrogen) atoms. The molecule has 1 aromatic carbocycles. The van der Waals surface area contributed by atoms with E-state index in [0.717, 1.165) is 5.56 Å². The standard InChI is InChI=1S/C9H6BrF3N2/c10-4-5-2-1-3-6-7(5)15-8(14-6)9(11,12)13/h1-3H,4H2,(H,14,15). The Morgan fingerprint density at radius 3 is 2.67 bits per heavy atom. The molecule has 0 radical (unpaired) electrons. The van der Waals surface area contributed by atoms with Crippen LogP contribution in [0.1, 0.15) is 11.4 Å². The van der Waals surface area contributed by atoms with Gasteiger partial charge in [0.25, 0.3) is 0 Å². The van der Waals surface area contributed by atoms with Crippen molar-refractivity contribution in [1.82, 2.24) is 9.97 Å². The van der Waals surface area contributed by atoms with Crippen molar-refractivity contribution >= 4 is 27.0 Å². The van der Waals surface area contributed by atoms with Crippen LogP contribution in [0, 0.1) is 0 Å². The summed E-state index contributed by atoms with van der Waals surface area (Å²) in [6.45, 7) is 0. The van der Waals surface area contributed by atoms with Crippen molar-refractivity contribution in [3.63, 3.8) is 0 Å². The lowest BCUT2D eigenvalue weighted by Gasteiger charge is -1.99. The van der Waals surface area contributed by atoms with E-state index in [1.165, 1.54) is 0 Å². The third-order valence-electron chi connectivity index (χ3n) is 2.01. The van der Waals surface area contributed by atoms with Gasteiger partial charge >= 0.3 is 6.18 Å². The quantitative estimate of drug-likeness (QED) is 0.795. The average Bonchev–Trinajstić information content (AvgIpc) is 2.59. The van der Waals surface area contributed by atoms with Gasteiger partial charge in [-0.2, -0.15) is 13.2 Å². The van der Waals surface area contributed by atoms with Crippen LogP contribution in [-0.2, 0) is 11.5 Å². The molecule has 0 atom stereocenters. The number of alkyl halides is 4. The minimum Gasteiger partial charge on any atom is -0.334 e. The number of aromatic nitrogens is 2. The van der Waals surface area contributed by atoms with Crippen LogP contribution < -0.4 is 0 Å². The summed E-state index contributed by atoms with van der Waals surface area (Å²) >= 11 is 3.20. The molecule has 0 amide bonds. The van der Waals surface area contributed by atoms with Crippen LogP contribution in [0.25, 0.3) is 11.0 Å². The molecule has 1 N–H and O–H groups in total. The summed E-state index contributed by atoms with van der Waals surface area (Å²) < 4.78 is 37.1. The Kier molecular flexibility index (Phi) is 2.46. The Morgan fingerprint density at radius 1 is 1.33 bits per heavy atom. The van der Waals surface area contributed by atoms with Crippen molar-refractivity contribution in [3.8, 4) is 0 Å². The van der Waals surface area contributed by atoms with Crippen LogP contribution in [0.5, 0.6) is 0 Å². The number of fused-ring (bicyclic) bond motifs is 1. The largest absolute Gasteiger partial charge is 0.449 e. The second kappa shape index (κ2) is 3.52. The van der Waals surface area contributed by atoms with Crippen molar-refractivity contribution in [2.24, 2.45) is 0 Å². The number of para-hydroxylation sites is 1. The summed E-state index contributed by atoms with van der Waals surface area (Å²) in [6, 6.07) is 5.00. The number of hydrogen-bond donors (Lipinski definition) is 1. The predicted molar refractivity (Wildman–Crippen MR) is 53.7 cm³/mol. The lowest BCUT2D eigenvalue weighted by Crippen LogP contribution is -2.06. The molecule has 0 saturated carbocycles. The van der Waals surface area contributed by atoms with E-state index in [0.29, 0.717) is 16.4 Å². The normalized spacial score (nSPS) is 12.3. The van der Waals surface area contributed by atoms with Crippen LogP contribution in [0.4, 0.5) is 13.2 Å². The van der Waals surface area contributed by atoms with E-state index >= 15 is 0 Å². The molecule has 0 aliphatic heterocycles. The topological polar surface area (TPSA) is 28.7 Å². The zero-order chi connectivity index (χ0) is 11.1. The number of H-pyrrole nitrogens is 1. The van der Waals surface area contributed by atoms with Gasteiger partial charge in [0.1, 0.15) is 0 Å². The molecular formula is C9H6BrF3N2. The van der Waals surface area contributed by atoms with Gasteiger partial charge in [-0.05, 0) is 11.6 Å². The number of nitrogens with zero attached hydrogens (tertiary/aromatic N) is 1. The molecule has 1 heterocycles. The van der Waals surface area contributed by atoms with Crippen molar-refractivity contribution < 1.29 is 13.2 Å². The highest BCUT2D eigenvalue weighted by atomic mass is 79.9. The Bertz CT molecular complexity index is 490. The van der Waals surface area contributed by atoms with Gasteiger partial charge in [0.15, 0.2) is 0 Å². The SMILES string of the molecule is FC(F)(F)c1nc2c(CBr)cccc2[nH]1. The summed E-state index contributed by atoms with van der Waals surface area (Å²) in [4.78, 5) is 5.80. The number of halogens is 4. The van der Waals surface area contributed by atoms with Crippen molar-refractivity contribution in [3.05, 3.63) is 29.6 Å². The maximum atomic E-state index is 12.4. The Balaban J connectivity index is 2.65. The molecule has 0 bridgehead atoms. The van der Waals surface area contributed by atoms with Gasteiger partial charge in [0.05, 0.1) is 11.0 Å². The van der Waals surface area contributed by atoms with Crippen LogP contribution in [0.3, 0.4) is 0 Å². The molecular weight excluding hydrogens is 273 g/mol. The van der Waals surface area contributed by atoms with E-state index in [1.807, 2.05) is 0 Å². The van der Waals surface area contributed by atoms with E-state index in [9.17, 15) is 13.2 Å². The first-order valence-corrected chi connectivity index (χ1v) is 5.25. The van der Waals surface area contributed by atoms with Crippen molar-refractivity contribution in [1.29, 1.82) is 0 Å². The van der Waals surface area contributed by atoms with Crippen molar-refractivity contribution in [2.45, 2.75) is 11.5 Å². The lowest BCUT2D eigenvalue weighted by atomic mass is 10.2. The molecule has 2 nitrogen and oxygen atoms in total. The number of hydrogen-bond acceptors (Lipinski definition) is 1. The van der Waals surface area contributed by atoms with Gasteiger partial charge in [-0.25, -0.2) is 4.98 Å². The third-order valence-corrected chi connectivity index (χ3v) is 2.61. The average molecular weight is 279 g/mol. The van der Waals surface area contributed by atoms with E-state index in [2.05, 4.69) is 25.9 Å². The first-order valence-electron chi connectivity index (χ1n) is 4.13. The summed E-state index contributed by atoms with van der Waals surface area (Å²) in [7, 11) is 0. The number of benzene rings is 1. The summed E-state index contributed by atoms with van der Waals surface area (Å²) in [5.41, 5.74) is 1.50. The molecule has 0 aliphatic rings. The van der Waals surface area contributed by atoms with Crippen LogP contribution in [0.2, 0.25) is 0 Å². The predicted octanol–water partition coefficient (Wildman–Crippen LogP) is 3.48. The van der Waals surface area contributed by atoms with E-state index < -0.39 is 12.0 Å². The van der Waals surface area contributed by atoms with Gasteiger partial charge < -0.3 is 4.98 Å². The van der Waals surface area contributed by atoms with Gasteiger partial charge in [0.2, 0.25) is 5.82 Å². The fraction of sp³-hybridized carbons (Fsp3) is 0.222. The number of aromatic amines is 1. The van der Waals surface area contributed by atoms with E-state index in [4.69, 9.17) is 0 Å². The highest BCUT2D eigenvalue weighted by Gasteiger charge is 2.34. The molecule has 1 aromatic heterocycles. The highest BCUT2D eigenvalue weighted by Crippen LogP contribution is 2.29. The minimum atomic E-state index is -4.43. The molecule has 0 aliphatic carbocycles. The van der Waals surface area contributed by atoms with E-state index in [-0.39, 0.29) is 0 Å². The Labute approximate surface area is 91.6 Å². The minimum absolute atomic E-state index is 0.363. The van der Waals surface area contributed by atoms with Crippen LogP contribution in [0.15, 0.2) is 18.2 Å². The molecule has 2 rings (SSSR count). The summed E-state index contributed by atoms with van der Waals surface area (Å²) in [5, 5.41) is 0.479. The van der Waals surface area contributed by atoms with Crippen LogP contribution in [-0.4, -0.2) is 9.97 Å². The molecule has 0 spiro atoms. The summed E-state index contributed by atoms with van der Waals surface area (Å²) in [5.74, 6) is -0.953. The zero-order valence-corrected chi connectivity index (χ0v) is 8.98. The number of nitrogens with one attached hydrogen (secondary N) is 1. The second-order valence-corrected chi connectivity index (χ2v) is 3.59. The molecule has 0 unspecified atom stereocenters. The molecule has 6 heteroatoms.